The molecule has 9 heteroatoms. The van der Waals surface area contributed by atoms with Crippen molar-refractivity contribution < 1.29 is 14.2 Å². The van der Waals surface area contributed by atoms with Crippen LogP contribution in [-0.4, -0.2) is 60.6 Å². The predicted molar refractivity (Wildman–Crippen MR) is 125 cm³/mol. The van der Waals surface area contributed by atoms with Crippen molar-refractivity contribution in [1.82, 2.24) is 15.0 Å². The van der Waals surface area contributed by atoms with Gasteiger partial charge in [-0.1, -0.05) is 23.7 Å². The summed E-state index contributed by atoms with van der Waals surface area (Å²) in [4.78, 5) is 14.2. The molecule has 2 saturated heterocycles. The second-order valence-electron chi connectivity index (χ2n) is 8.03. The van der Waals surface area contributed by atoms with E-state index in [1.165, 1.54) is 0 Å². The zero-order chi connectivity index (χ0) is 21.9. The molecule has 0 radical (unpaired) electrons. The van der Waals surface area contributed by atoms with Crippen molar-refractivity contribution in [3.8, 4) is 17.0 Å². The molecule has 0 bridgehead atoms. The van der Waals surface area contributed by atoms with Gasteiger partial charge in [-0.15, -0.1) is 0 Å². The van der Waals surface area contributed by atoms with Gasteiger partial charge in [-0.25, -0.2) is 15.0 Å². The van der Waals surface area contributed by atoms with E-state index in [0.717, 1.165) is 54.6 Å². The number of anilines is 2. The Morgan fingerprint density at radius 3 is 2.94 bits per heavy atom. The van der Waals surface area contributed by atoms with E-state index >= 15 is 0 Å². The minimum atomic E-state index is 0.172. The predicted octanol–water partition coefficient (Wildman–Crippen LogP) is 4.15. The Hall–Kier alpha value is -2.68. The van der Waals surface area contributed by atoms with Gasteiger partial charge in [0.1, 0.15) is 11.3 Å². The Morgan fingerprint density at radius 1 is 1.22 bits per heavy atom. The lowest BCUT2D eigenvalue weighted by atomic mass is 10.1. The van der Waals surface area contributed by atoms with E-state index in [9.17, 15) is 0 Å². The number of hydrogen-bond donors (Lipinski definition) is 2. The van der Waals surface area contributed by atoms with Crippen LogP contribution in [0.1, 0.15) is 19.3 Å². The highest BCUT2D eigenvalue weighted by atomic mass is 35.5. The summed E-state index contributed by atoms with van der Waals surface area (Å²) in [6.45, 7) is 2.89. The molecule has 32 heavy (non-hydrogen) atoms. The van der Waals surface area contributed by atoms with Crippen molar-refractivity contribution in [2.24, 2.45) is 0 Å². The first-order valence-electron chi connectivity index (χ1n) is 10.9. The quantitative estimate of drug-likeness (QED) is 0.549. The highest BCUT2D eigenvalue weighted by Crippen LogP contribution is 2.36. The molecule has 2 aliphatic heterocycles. The SMILES string of the molecule is COc1cccc(-c2cc3cnc(N[C@H]4CCOC4)nc3c(NCC3CCCO3)n2)c1Cl. The van der Waals surface area contributed by atoms with Crippen LogP contribution < -0.4 is 15.4 Å². The third-order valence-corrected chi connectivity index (χ3v) is 6.20. The van der Waals surface area contributed by atoms with Gasteiger partial charge in [-0.2, -0.15) is 0 Å². The molecule has 0 aliphatic carbocycles. The largest absolute Gasteiger partial charge is 0.495 e. The second-order valence-corrected chi connectivity index (χ2v) is 8.41. The van der Waals surface area contributed by atoms with Gasteiger partial charge in [0, 0.05) is 36.9 Å². The Kier molecular flexibility index (Phi) is 6.25. The third kappa shape index (κ3) is 4.44. The molecule has 2 aliphatic rings. The number of rotatable bonds is 7. The highest BCUT2D eigenvalue weighted by molar-refractivity contribution is 6.34. The van der Waals surface area contributed by atoms with Crippen LogP contribution in [0.3, 0.4) is 0 Å². The molecule has 4 heterocycles. The number of nitrogens with zero attached hydrogens (tertiary/aromatic N) is 3. The molecule has 5 rings (SSSR count). The molecule has 0 spiro atoms. The number of methoxy groups -OCH3 is 1. The Labute approximate surface area is 191 Å². The maximum atomic E-state index is 6.59. The average Bonchev–Trinajstić information content (AvgIpc) is 3.52. The standard InChI is InChI=1S/C23H26ClN5O3/c1-30-19-6-2-5-17(20(19)24)18-10-14-11-26-23(27-15-7-9-31-13-15)29-21(14)22(28-18)25-12-16-4-3-8-32-16/h2,5-6,10-11,15-16H,3-4,7-9,12-13H2,1H3,(H,25,28)(H,26,27,29)/t15-,16?/m0/s1. The number of fused-ring (bicyclic) bond motifs is 1. The first kappa shape index (κ1) is 21.2. The van der Waals surface area contributed by atoms with Gasteiger partial charge < -0.3 is 24.8 Å². The van der Waals surface area contributed by atoms with Crippen LogP contribution in [0.5, 0.6) is 5.75 Å². The minimum Gasteiger partial charge on any atom is -0.495 e. The van der Waals surface area contributed by atoms with Crippen molar-refractivity contribution in [3.05, 3.63) is 35.5 Å². The summed E-state index contributed by atoms with van der Waals surface area (Å²) in [7, 11) is 1.60. The summed E-state index contributed by atoms with van der Waals surface area (Å²) in [5.74, 6) is 1.86. The maximum absolute atomic E-state index is 6.59. The molecule has 1 aromatic carbocycles. The van der Waals surface area contributed by atoms with Crippen molar-refractivity contribution in [2.75, 3.05) is 44.1 Å². The van der Waals surface area contributed by atoms with Gasteiger partial charge >= 0.3 is 0 Å². The summed E-state index contributed by atoms with van der Waals surface area (Å²) in [5.41, 5.74) is 2.27. The molecule has 0 saturated carbocycles. The molecule has 1 unspecified atom stereocenters. The Balaban J connectivity index is 1.53. The molecule has 2 atom stereocenters. The highest BCUT2D eigenvalue weighted by Gasteiger charge is 2.20. The van der Waals surface area contributed by atoms with Crippen LogP contribution in [-0.2, 0) is 9.47 Å². The zero-order valence-corrected chi connectivity index (χ0v) is 18.7. The molecule has 0 amide bonds. The lowest BCUT2D eigenvalue weighted by molar-refractivity contribution is 0.120. The van der Waals surface area contributed by atoms with Gasteiger partial charge in [0.25, 0.3) is 0 Å². The first-order valence-corrected chi connectivity index (χ1v) is 11.3. The van der Waals surface area contributed by atoms with Gasteiger partial charge in [0.2, 0.25) is 5.95 Å². The van der Waals surface area contributed by atoms with Crippen molar-refractivity contribution in [1.29, 1.82) is 0 Å². The third-order valence-electron chi connectivity index (χ3n) is 5.81. The van der Waals surface area contributed by atoms with Crippen LogP contribution in [0.15, 0.2) is 30.5 Å². The Morgan fingerprint density at radius 2 is 2.16 bits per heavy atom. The fourth-order valence-electron chi connectivity index (χ4n) is 4.08. The molecule has 3 aromatic rings. The zero-order valence-electron chi connectivity index (χ0n) is 17.9. The van der Waals surface area contributed by atoms with Crippen molar-refractivity contribution in [2.45, 2.75) is 31.4 Å². The van der Waals surface area contributed by atoms with Crippen LogP contribution in [0, 0.1) is 0 Å². The van der Waals surface area contributed by atoms with E-state index in [4.69, 9.17) is 35.8 Å². The normalized spacial score (nSPS) is 20.6. The molecule has 2 N–H and O–H groups in total. The van der Waals surface area contributed by atoms with E-state index in [1.807, 2.05) is 30.5 Å². The molecule has 2 fully saturated rings. The molecule has 8 nitrogen and oxygen atoms in total. The van der Waals surface area contributed by atoms with Gasteiger partial charge in [0.15, 0.2) is 5.82 Å². The minimum absolute atomic E-state index is 0.172. The van der Waals surface area contributed by atoms with Crippen LogP contribution >= 0.6 is 11.6 Å². The van der Waals surface area contributed by atoms with Gasteiger partial charge in [-0.3, -0.25) is 0 Å². The maximum Gasteiger partial charge on any atom is 0.223 e. The Bertz CT molecular complexity index is 1100. The fourth-order valence-corrected chi connectivity index (χ4v) is 4.38. The summed E-state index contributed by atoms with van der Waals surface area (Å²) in [5, 5.41) is 8.21. The van der Waals surface area contributed by atoms with E-state index in [-0.39, 0.29) is 12.1 Å². The number of hydrogen-bond acceptors (Lipinski definition) is 8. The first-order chi connectivity index (χ1) is 15.7. The van der Waals surface area contributed by atoms with E-state index in [1.54, 1.807) is 7.11 Å². The number of benzene rings is 1. The molecule has 2 aromatic heterocycles. The molecular weight excluding hydrogens is 430 g/mol. The number of ether oxygens (including phenoxy) is 3. The van der Waals surface area contributed by atoms with Gasteiger partial charge in [0.05, 0.1) is 36.6 Å². The van der Waals surface area contributed by atoms with E-state index in [0.29, 0.717) is 35.7 Å². The van der Waals surface area contributed by atoms with E-state index in [2.05, 4.69) is 15.6 Å². The van der Waals surface area contributed by atoms with Crippen LogP contribution in [0.2, 0.25) is 5.02 Å². The summed E-state index contributed by atoms with van der Waals surface area (Å²) in [6, 6.07) is 7.84. The topological polar surface area (TPSA) is 90.4 Å². The average molecular weight is 456 g/mol. The smallest absolute Gasteiger partial charge is 0.223 e. The summed E-state index contributed by atoms with van der Waals surface area (Å²) in [6.07, 6.45) is 5.05. The van der Waals surface area contributed by atoms with Crippen LogP contribution in [0.4, 0.5) is 11.8 Å². The second kappa shape index (κ2) is 9.44. The number of halogens is 1. The summed E-state index contributed by atoms with van der Waals surface area (Å²) >= 11 is 6.59. The number of nitrogens with one attached hydrogen (secondary N) is 2. The van der Waals surface area contributed by atoms with Gasteiger partial charge in [-0.05, 0) is 31.4 Å². The number of aromatic nitrogens is 3. The van der Waals surface area contributed by atoms with Crippen molar-refractivity contribution >= 4 is 34.3 Å². The van der Waals surface area contributed by atoms with Crippen LogP contribution in [0.25, 0.3) is 22.2 Å². The molecule has 168 valence electrons. The van der Waals surface area contributed by atoms with Crippen molar-refractivity contribution in [3.63, 3.8) is 0 Å². The summed E-state index contributed by atoms with van der Waals surface area (Å²) < 4.78 is 16.6. The monoisotopic (exact) mass is 455 g/mol. The number of pyridine rings is 1. The molecular formula is C23H26ClN5O3. The van der Waals surface area contributed by atoms with E-state index < -0.39 is 0 Å². The fraction of sp³-hybridized carbons (Fsp3) is 0.435. The lowest BCUT2D eigenvalue weighted by Gasteiger charge is -2.16. The lowest BCUT2D eigenvalue weighted by Crippen LogP contribution is -2.21.